The minimum absolute atomic E-state index is 0.0903. The number of halogens is 3. The topological polar surface area (TPSA) is 103 Å². The lowest BCUT2D eigenvalue weighted by Gasteiger charge is -2.04. The maximum absolute atomic E-state index is 12.5. The van der Waals surface area contributed by atoms with E-state index in [0.717, 1.165) is 11.0 Å². The fraction of sp³-hybridized carbons (Fsp3) is 0.263. The van der Waals surface area contributed by atoms with E-state index in [1.165, 1.54) is 29.7 Å². The van der Waals surface area contributed by atoms with E-state index in [-0.39, 0.29) is 29.0 Å². The average molecular weight is 504 g/mol. The molecule has 0 radical (unpaired) electrons. The fourth-order valence-corrected chi connectivity index (χ4v) is 4.70. The second-order valence-corrected chi connectivity index (χ2v) is 11.2. The summed E-state index contributed by atoms with van der Waals surface area (Å²) in [4.78, 5) is 9.08. The molecular weight excluding hydrogens is 483 g/mol. The number of para-hydroxylation sites is 2. The molecule has 2 aromatic carbocycles. The summed E-state index contributed by atoms with van der Waals surface area (Å²) in [5, 5.41) is 3.73. The largest absolute Gasteiger partial charge is 0.446 e. The van der Waals surface area contributed by atoms with Gasteiger partial charge in [0.05, 0.1) is 27.0 Å². The molecule has 2 heterocycles. The molecule has 0 aliphatic carbocycles. The van der Waals surface area contributed by atoms with Crippen molar-refractivity contribution in [2.45, 2.75) is 10.4 Å². The number of benzene rings is 2. The summed E-state index contributed by atoms with van der Waals surface area (Å²) in [5.41, 5.74) is 3.13. The van der Waals surface area contributed by atoms with Crippen molar-refractivity contribution in [1.82, 2.24) is 14.5 Å². The average Bonchev–Trinajstić information content (AvgIpc) is 3.21. The van der Waals surface area contributed by atoms with Crippen LogP contribution in [0.3, 0.4) is 0 Å². The van der Waals surface area contributed by atoms with Crippen molar-refractivity contribution in [3.8, 4) is 0 Å². The van der Waals surface area contributed by atoms with Crippen LogP contribution in [0.4, 0.5) is 24.3 Å². The summed E-state index contributed by atoms with van der Waals surface area (Å²) in [5.74, 6) is 0.720. The molecule has 3 N–H and O–H groups in total. The summed E-state index contributed by atoms with van der Waals surface area (Å²) in [7, 11) is -0.907. The van der Waals surface area contributed by atoms with Crippen molar-refractivity contribution in [3.63, 3.8) is 0 Å². The molecule has 32 heavy (non-hydrogen) atoms. The van der Waals surface area contributed by atoms with E-state index >= 15 is 0 Å². The zero-order chi connectivity index (χ0) is 23.5. The molecule has 0 atom stereocenters. The summed E-state index contributed by atoms with van der Waals surface area (Å²) in [6, 6.07) is 12.3. The Labute approximate surface area is 190 Å². The van der Waals surface area contributed by atoms with E-state index in [4.69, 9.17) is 5.73 Å². The summed E-state index contributed by atoms with van der Waals surface area (Å²) in [6.07, 6.45) is 1.17. The van der Waals surface area contributed by atoms with Crippen molar-refractivity contribution in [2.24, 2.45) is 12.8 Å². The zero-order valence-electron chi connectivity index (χ0n) is 17.0. The molecule has 0 aliphatic rings. The Kier molecular flexibility index (Phi) is 7.32. The van der Waals surface area contributed by atoms with Crippen LogP contribution in [-0.4, -0.2) is 47.0 Å². The number of alkyl halides is 3. The first-order valence-electron chi connectivity index (χ1n) is 9.18. The molecule has 13 heteroatoms. The number of sulfone groups is 1. The predicted octanol–water partition coefficient (Wildman–Crippen LogP) is 4.53. The van der Waals surface area contributed by atoms with Gasteiger partial charge >= 0.3 is 5.51 Å². The molecule has 7 nitrogen and oxygen atoms in total. The third kappa shape index (κ3) is 6.58. The molecule has 0 aliphatic heterocycles. The van der Waals surface area contributed by atoms with E-state index in [0.29, 0.717) is 21.3 Å². The highest BCUT2D eigenvalue weighted by Crippen LogP contribution is 2.39. The van der Waals surface area contributed by atoms with E-state index in [1.807, 2.05) is 35.9 Å². The Bertz CT molecular complexity index is 1330. The first-order chi connectivity index (χ1) is 14.9. The Morgan fingerprint density at radius 3 is 2.47 bits per heavy atom. The summed E-state index contributed by atoms with van der Waals surface area (Å²) in [6.45, 7) is 0.221. The van der Waals surface area contributed by atoms with Crippen LogP contribution in [0.25, 0.3) is 21.3 Å². The molecular formula is C19H20F3N5O2S3. The van der Waals surface area contributed by atoms with Gasteiger partial charge in [0.25, 0.3) is 0 Å². The number of hydrogen-bond acceptors (Lipinski definition) is 8. The summed E-state index contributed by atoms with van der Waals surface area (Å²) < 4.78 is 60.4. The van der Waals surface area contributed by atoms with Crippen LogP contribution in [-0.2, 0) is 16.9 Å². The number of hydrogen-bond donors (Lipinski definition) is 2. The number of nitrogens with one attached hydrogen (secondary N) is 1. The van der Waals surface area contributed by atoms with Crippen molar-refractivity contribution in [3.05, 3.63) is 42.5 Å². The standard InChI is InChI=1S/C16H11F3N4S2.C3H9NO2S/c1-23-12-5-3-2-4-10(12)20-14(23)22-15-21-11-7-6-9(8-13(11)24-15)25-16(17,18)19;1-7(5,6)3-2-4/h2-8H,1H3,(H,20,21,22);2-4H2,1H3. The Morgan fingerprint density at radius 1 is 1.16 bits per heavy atom. The molecule has 4 rings (SSSR count). The molecule has 0 saturated carbocycles. The van der Waals surface area contributed by atoms with E-state index in [1.54, 1.807) is 6.07 Å². The van der Waals surface area contributed by atoms with Gasteiger partial charge in [0.2, 0.25) is 5.95 Å². The number of nitrogens with zero attached hydrogens (tertiary/aromatic N) is 3. The third-order valence-electron chi connectivity index (χ3n) is 4.09. The maximum atomic E-state index is 12.5. The lowest BCUT2D eigenvalue weighted by molar-refractivity contribution is -0.0328. The number of thiazole rings is 1. The van der Waals surface area contributed by atoms with Gasteiger partial charge in [-0.2, -0.15) is 13.2 Å². The quantitative estimate of drug-likeness (QED) is 0.386. The van der Waals surface area contributed by atoms with Gasteiger partial charge in [-0.15, -0.1) is 0 Å². The van der Waals surface area contributed by atoms with Crippen molar-refractivity contribution in [1.29, 1.82) is 0 Å². The van der Waals surface area contributed by atoms with Gasteiger partial charge in [0, 0.05) is 24.7 Å². The highest BCUT2D eigenvalue weighted by molar-refractivity contribution is 8.00. The lowest BCUT2D eigenvalue weighted by atomic mass is 10.3. The van der Waals surface area contributed by atoms with Crippen LogP contribution in [0.15, 0.2) is 47.4 Å². The fourth-order valence-electron chi connectivity index (χ4n) is 2.72. The highest BCUT2D eigenvalue weighted by atomic mass is 32.2. The molecule has 0 bridgehead atoms. The molecule has 0 spiro atoms. The van der Waals surface area contributed by atoms with Gasteiger partial charge in [-0.05, 0) is 42.1 Å². The molecule has 0 saturated heterocycles. The number of aromatic nitrogens is 3. The molecule has 0 unspecified atom stereocenters. The van der Waals surface area contributed by atoms with Crippen LogP contribution in [0, 0.1) is 0 Å². The van der Waals surface area contributed by atoms with Gasteiger partial charge in [-0.1, -0.05) is 23.5 Å². The second-order valence-electron chi connectivity index (χ2n) is 6.72. The Balaban J connectivity index is 0.000000360. The normalized spacial score (nSPS) is 12.1. The number of anilines is 2. The minimum atomic E-state index is -4.30. The van der Waals surface area contributed by atoms with Crippen LogP contribution in [0.2, 0.25) is 0 Å². The lowest BCUT2D eigenvalue weighted by Crippen LogP contribution is -2.13. The minimum Gasteiger partial charge on any atom is -0.329 e. The number of thioether (sulfide) groups is 1. The molecule has 2 aromatic heterocycles. The number of aryl methyl sites for hydroxylation is 1. The predicted molar refractivity (Wildman–Crippen MR) is 124 cm³/mol. The number of imidazole rings is 1. The van der Waals surface area contributed by atoms with Crippen LogP contribution < -0.4 is 11.1 Å². The molecule has 4 aromatic rings. The number of nitrogens with two attached hydrogens (primary N) is 1. The molecule has 0 amide bonds. The van der Waals surface area contributed by atoms with Gasteiger partial charge < -0.3 is 15.6 Å². The smallest absolute Gasteiger partial charge is 0.329 e. The number of fused-ring (bicyclic) bond motifs is 2. The Hall–Kier alpha value is -2.35. The summed E-state index contributed by atoms with van der Waals surface area (Å²) >= 11 is 1.17. The van der Waals surface area contributed by atoms with Crippen LogP contribution >= 0.6 is 23.1 Å². The first kappa shape index (κ1) is 24.3. The SMILES string of the molecule is CS(=O)(=O)CCN.Cn1c(Nc2nc3ccc(SC(F)(F)F)cc3s2)nc2ccccc21. The zero-order valence-corrected chi connectivity index (χ0v) is 19.5. The van der Waals surface area contributed by atoms with Crippen LogP contribution in [0.1, 0.15) is 0 Å². The molecule has 172 valence electrons. The van der Waals surface area contributed by atoms with Gasteiger partial charge in [-0.3, -0.25) is 0 Å². The van der Waals surface area contributed by atoms with Gasteiger partial charge in [0.1, 0.15) is 9.84 Å². The van der Waals surface area contributed by atoms with Gasteiger partial charge in [0.15, 0.2) is 5.13 Å². The van der Waals surface area contributed by atoms with Gasteiger partial charge in [-0.25, -0.2) is 18.4 Å². The van der Waals surface area contributed by atoms with Crippen LogP contribution in [0.5, 0.6) is 0 Å². The van der Waals surface area contributed by atoms with Crippen molar-refractivity contribution >= 4 is 65.3 Å². The maximum Gasteiger partial charge on any atom is 0.446 e. The second kappa shape index (κ2) is 9.65. The van der Waals surface area contributed by atoms with Crippen molar-refractivity contribution < 1.29 is 21.6 Å². The monoisotopic (exact) mass is 503 g/mol. The number of rotatable bonds is 5. The van der Waals surface area contributed by atoms with E-state index in [2.05, 4.69) is 15.3 Å². The first-order valence-corrected chi connectivity index (χ1v) is 12.9. The third-order valence-corrected chi connectivity index (χ3v) is 6.72. The Morgan fingerprint density at radius 2 is 1.88 bits per heavy atom. The van der Waals surface area contributed by atoms with Crippen molar-refractivity contribution in [2.75, 3.05) is 23.9 Å². The van der Waals surface area contributed by atoms with E-state index < -0.39 is 15.3 Å². The van der Waals surface area contributed by atoms with E-state index in [9.17, 15) is 21.6 Å². The molecule has 0 fully saturated rings. The highest BCUT2D eigenvalue weighted by Gasteiger charge is 2.29.